The Balaban J connectivity index is 2.12. The van der Waals surface area contributed by atoms with E-state index < -0.39 is 0 Å². The first-order valence-corrected chi connectivity index (χ1v) is 6.42. The Kier molecular flexibility index (Phi) is 5.01. The van der Waals surface area contributed by atoms with Gasteiger partial charge in [-0.15, -0.1) is 0 Å². The minimum atomic E-state index is 0.0561. The van der Waals surface area contributed by atoms with E-state index in [1.165, 1.54) is 0 Å². The lowest BCUT2D eigenvalue weighted by molar-refractivity contribution is -0.0315. The molecule has 106 valence electrons. The molecule has 0 spiro atoms. The lowest BCUT2D eigenvalue weighted by atomic mass is 10.1. The molecule has 1 fully saturated rings. The van der Waals surface area contributed by atoms with Crippen molar-refractivity contribution in [3.63, 3.8) is 0 Å². The fourth-order valence-electron chi connectivity index (χ4n) is 2.27. The predicted octanol–water partition coefficient (Wildman–Crippen LogP) is 0.897. The maximum absolute atomic E-state index is 9.38. The molecule has 1 heterocycles. The Hall–Kier alpha value is -1.30. The summed E-state index contributed by atoms with van der Waals surface area (Å²) in [5.74, 6) is 1.59. The molecule has 1 aliphatic heterocycles. The van der Waals surface area contributed by atoms with Gasteiger partial charge in [0.25, 0.3) is 0 Å². The van der Waals surface area contributed by atoms with Crippen LogP contribution in [-0.2, 0) is 11.3 Å². The quantitative estimate of drug-likeness (QED) is 0.859. The number of morpholine rings is 1. The number of aliphatic hydroxyl groups excluding tert-OH is 1. The van der Waals surface area contributed by atoms with Crippen LogP contribution < -0.4 is 9.47 Å². The average Bonchev–Trinajstić information content (AvgIpc) is 2.48. The van der Waals surface area contributed by atoms with Gasteiger partial charge in [-0.3, -0.25) is 4.90 Å². The predicted molar refractivity (Wildman–Crippen MR) is 71.6 cm³/mol. The molecule has 1 aliphatic rings. The number of aliphatic hydroxyl groups is 1. The molecule has 5 nitrogen and oxygen atoms in total. The van der Waals surface area contributed by atoms with Crippen LogP contribution in [0.3, 0.4) is 0 Å². The molecule has 1 atom stereocenters. The molecule has 1 N–H and O–H groups in total. The molecule has 0 amide bonds. The third kappa shape index (κ3) is 3.37. The first-order chi connectivity index (χ1) is 9.28. The third-order valence-electron chi connectivity index (χ3n) is 3.43. The van der Waals surface area contributed by atoms with Gasteiger partial charge in [0.15, 0.2) is 0 Å². The summed E-state index contributed by atoms with van der Waals surface area (Å²) in [7, 11) is 3.29. The van der Waals surface area contributed by atoms with Gasteiger partial charge >= 0.3 is 0 Å². The number of hydrogen-bond acceptors (Lipinski definition) is 5. The van der Waals surface area contributed by atoms with Crippen molar-refractivity contribution in [1.29, 1.82) is 0 Å². The maximum Gasteiger partial charge on any atom is 0.127 e. The van der Waals surface area contributed by atoms with E-state index in [2.05, 4.69) is 4.90 Å². The Labute approximate surface area is 113 Å². The summed E-state index contributed by atoms with van der Waals surface area (Å²) in [4.78, 5) is 2.22. The van der Waals surface area contributed by atoms with Gasteiger partial charge in [-0.25, -0.2) is 0 Å². The van der Waals surface area contributed by atoms with Crippen LogP contribution in [0.4, 0.5) is 0 Å². The summed E-state index contributed by atoms with van der Waals surface area (Å²) in [5.41, 5.74) is 1.09. The summed E-state index contributed by atoms with van der Waals surface area (Å²) in [6, 6.07) is 5.86. The SMILES string of the molecule is COc1ccc(CN2CCOCC2CO)c(OC)c1. The monoisotopic (exact) mass is 267 g/mol. The van der Waals surface area contributed by atoms with E-state index in [9.17, 15) is 5.11 Å². The van der Waals surface area contributed by atoms with Crippen LogP contribution in [0.25, 0.3) is 0 Å². The zero-order chi connectivity index (χ0) is 13.7. The standard InChI is InChI=1S/C14H21NO4/c1-17-13-4-3-11(14(7-13)18-2)8-15-5-6-19-10-12(15)9-16/h3-4,7,12,16H,5-6,8-10H2,1-2H3. The Morgan fingerprint density at radius 2 is 2.21 bits per heavy atom. The highest BCUT2D eigenvalue weighted by molar-refractivity contribution is 5.40. The van der Waals surface area contributed by atoms with Gasteiger partial charge in [0.1, 0.15) is 11.5 Å². The number of nitrogens with zero attached hydrogens (tertiary/aromatic N) is 1. The maximum atomic E-state index is 9.38. The molecule has 5 heteroatoms. The van der Waals surface area contributed by atoms with Crippen LogP contribution in [0.5, 0.6) is 11.5 Å². The van der Waals surface area contributed by atoms with Gasteiger partial charge < -0.3 is 19.3 Å². The first-order valence-electron chi connectivity index (χ1n) is 6.42. The topological polar surface area (TPSA) is 51.2 Å². The van der Waals surface area contributed by atoms with E-state index in [0.717, 1.165) is 30.2 Å². The number of rotatable bonds is 5. The molecule has 0 saturated carbocycles. The van der Waals surface area contributed by atoms with Crippen molar-refractivity contribution in [2.24, 2.45) is 0 Å². The molecule has 1 unspecified atom stereocenters. The van der Waals surface area contributed by atoms with Crippen LogP contribution >= 0.6 is 0 Å². The van der Waals surface area contributed by atoms with E-state index in [-0.39, 0.29) is 12.6 Å². The number of hydrogen-bond donors (Lipinski definition) is 1. The van der Waals surface area contributed by atoms with Gasteiger partial charge in [0.2, 0.25) is 0 Å². The molecule has 1 aromatic carbocycles. The van der Waals surface area contributed by atoms with Crippen molar-refractivity contribution in [3.05, 3.63) is 23.8 Å². The van der Waals surface area contributed by atoms with Gasteiger partial charge in [-0.1, -0.05) is 6.07 Å². The molecule has 2 rings (SSSR count). The second-order valence-electron chi connectivity index (χ2n) is 4.56. The van der Waals surface area contributed by atoms with Crippen LogP contribution in [0, 0.1) is 0 Å². The minimum Gasteiger partial charge on any atom is -0.497 e. The highest BCUT2D eigenvalue weighted by Crippen LogP contribution is 2.26. The van der Waals surface area contributed by atoms with Gasteiger partial charge in [0.05, 0.1) is 40.1 Å². The van der Waals surface area contributed by atoms with Gasteiger partial charge in [-0.2, -0.15) is 0 Å². The van der Waals surface area contributed by atoms with Crippen LogP contribution in [-0.4, -0.2) is 56.6 Å². The Morgan fingerprint density at radius 1 is 1.37 bits per heavy atom. The first kappa shape index (κ1) is 14.1. The normalized spacial score (nSPS) is 20.3. The lowest BCUT2D eigenvalue weighted by Crippen LogP contribution is -2.46. The van der Waals surface area contributed by atoms with Crippen molar-refractivity contribution < 1.29 is 19.3 Å². The summed E-state index contributed by atoms with van der Waals surface area (Å²) in [5, 5.41) is 9.38. The summed E-state index contributed by atoms with van der Waals surface area (Å²) in [6.07, 6.45) is 0. The number of methoxy groups -OCH3 is 2. The molecular weight excluding hydrogens is 246 g/mol. The molecule has 0 aliphatic carbocycles. The molecule has 0 aromatic heterocycles. The lowest BCUT2D eigenvalue weighted by Gasteiger charge is -2.34. The van der Waals surface area contributed by atoms with Crippen molar-refractivity contribution in [1.82, 2.24) is 4.90 Å². The van der Waals surface area contributed by atoms with Gasteiger partial charge in [0, 0.05) is 24.7 Å². The molecule has 0 radical (unpaired) electrons. The van der Waals surface area contributed by atoms with Crippen LogP contribution in [0.2, 0.25) is 0 Å². The van der Waals surface area contributed by atoms with Crippen molar-refractivity contribution >= 4 is 0 Å². The Morgan fingerprint density at radius 3 is 2.89 bits per heavy atom. The molecule has 1 saturated heterocycles. The fourth-order valence-corrected chi connectivity index (χ4v) is 2.27. The highest BCUT2D eigenvalue weighted by atomic mass is 16.5. The largest absolute Gasteiger partial charge is 0.497 e. The van der Waals surface area contributed by atoms with Gasteiger partial charge in [-0.05, 0) is 6.07 Å². The number of ether oxygens (including phenoxy) is 3. The second kappa shape index (κ2) is 6.75. The average molecular weight is 267 g/mol. The van der Waals surface area contributed by atoms with Crippen molar-refractivity contribution in [2.45, 2.75) is 12.6 Å². The van der Waals surface area contributed by atoms with Crippen LogP contribution in [0.15, 0.2) is 18.2 Å². The zero-order valence-corrected chi connectivity index (χ0v) is 11.5. The molecule has 19 heavy (non-hydrogen) atoms. The van der Waals surface area contributed by atoms with E-state index >= 15 is 0 Å². The summed E-state index contributed by atoms with van der Waals surface area (Å²) in [6.45, 7) is 2.95. The van der Waals surface area contributed by atoms with Crippen molar-refractivity contribution in [2.75, 3.05) is 40.6 Å². The smallest absolute Gasteiger partial charge is 0.127 e. The van der Waals surface area contributed by atoms with Crippen LogP contribution in [0.1, 0.15) is 5.56 Å². The second-order valence-corrected chi connectivity index (χ2v) is 4.56. The fraction of sp³-hybridized carbons (Fsp3) is 0.571. The highest BCUT2D eigenvalue weighted by Gasteiger charge is 2.23. The summed E-state index contributed by atoms with van der Waals surface area (Å²) >= 11 is 0. The van der Waals surface area contributed by atoms with Crippen molar-refractivity contribution in [3.8, 4) is 11.5 Å². The van der Waals surface area contributed by atoms with E-state index in [1.54, 1.807) is 14.2 Å². The molecule has 0 bridgehead atoms. The number of benzene rings is 1. The summed E-state index contributed by atoms with van der Waals surface area (Å²) < 4.78 is 16.0. The Bertz CT molecular complexity index is 410. The van der Waals surface area contributed by atoms with E-state index in [1.807, 2.05) is 18.2 Å². The van der Waals surface area contributed by atoms with E-state index in [0.29, 0.717) is 13.2 Å². The minimum absolute atomic E-state index is 0.0561. The van der Waals surface area contributed by atoms with E-state index in [4.69, 9.17) is 14.2 Å². The molecular formula is C14H21NO4. The molecule has 1 aromatic rings. The third-order valence-corrected chi connectivity index (χ3v) is 3.43. The zero-order valence-electron chi connectivity index (χ0n) is 11.5.